The lowest BCUT2D eigenvalue weighted by Gasteiger charge is -2.26. The van der Waals surface area contributed by atoms with Crippen LogP contribution < -0.4 is 5.32 Å². The maximum atomic E-state index is 4.23. The van der Waals surface area contributed by atoms with Crippen LogP contribution in [0.1, 0.15) is 19.4 Å². The summed E-state index contributed by atoms with van der Waals surface area (Å²) in [4.78, 5) is 4.18. The van der Waals surface area contributed by atoms with Gasteiger partial charge in [-0.15, -0.1) is 5.10 Å². The molecule has 0 amide bonds. The molecule has 0 aliphatic carbocycles. The van der Waals surface area contributed by atoms with Crippen molar-refractivity contribution in [2.24, 2.45) is 0 Å². The SMILES string of the molecule is CCCn1cncc1-c1cn(C2CNC2)nn1. The van der Waals surface area contributed by atoms with E-state index >= 15 is 0 Å². The molecule has 1 aliphatic heterocycles. The molecule has 1 N–H and O–H groups in total. The largest absolute Gasteiger partial charge is 0.329 e. The molecular formula is C11H16N6. The maximum absolute atomic E-state index is 4.23. The van der Waals surface area contributed by atoms with Crippen molar-refractivity contribution < 1.29 is 0 Å². The molecule has 0 spiro atoms. The van der Waals surface area contributed by atoms with Gasteiger partial charge in [0.2, 0.25) is 0 Å². The number of imidazole rings is 1. The summed E-state index contributed by atoms with van der Waals surface area (Å²) < 4.78 is 4.06. The summed E-state index contributed by atoms with van der Waals surface area (Å²) in [6, 6.07) is 0.457. The lowest BCUT2D eigenvalue weighted by Crippen LogP contribution is -2.43. The van der Waals surface area contributed by atoms with E-state index in [9.17, 15) is 0 Å². The van der Waals surface area contributed by atoms with Gasteiger partial charge >= 0.3 is 0 Å². The lowest BCUT2D eigenvalue weighted by atomic mass is 10.2. The molecule has 3 heterocycles. The smallest absolute Gasteiger partial charge is 0.131 e. The summed E-state index contributed by atoms with van der Waals surface area (Å²) in [5.41, 5.74) is 1.95. The van der Waals surface area contributed by atoms with Crippen LogP contribution in [0.4, 0.5) is 0 Å². The van der Waals surface area contributed by atoms with Crippen LogP contribution in [0.25, 0.3) is 11.4 Å². The zero-order chi connectivity index (χ0) is 11.7. The van der Waals surface area contributed by atoms with E-state index in [4.69, 9.17) is 0 Å². The second kappa shape index (κ2) is 4.29. The molecule has 0 unspecified atom stereocenters. The van der Waals surface area contributed by atoms with Gasteiger partial charge < -0.3 is 9.88 Å². The number of rotatable bonds is 4. The van der Waals surface area contributed by atoms with Gasteiger partial charge in [0.05, 0.1) is 30.5 Å². The van der Waals surface area contributed by atoms with Crippen LogP contribution in [0.15, 0.2) is 18.7 Å². The van der Waals surface area contributed by atoms with Crippen molar-refractivity contribution in [3.05, 3.63) is 18.7 Å². The Balaban J connectivity index is 1.87. The molecule has 6 heteroatoms. The van der Waals surface area contributed by atoms with E-state index in [2.05, 4.69) is 32.1 Å². The van der Waals surface area contributed by atoms with Gasteiger partial charge in [-0.2, -0.15) is 0 Å². The van der Waals surface area contributed by atoms with Crippen LogP contribution in [0, 0.1) is 0 Å². The molecule has 1 fully saturated rings. The Bertz CT molecular complexity index is 496. The number of nitrogens with zero attached hydrogens (tertiary/aromatic N) is 5. The standard InChI is InChI=1S/C11H16N6/c1-2-3-16-8-13-6-11(16)10-7-17(15-14-10)9-4-12-5-9/h6-9,12H,2-5H2,1H3. The first-order chi connectivity index (χ1) is 8.38. The van der Waals surface area contributed by atoms with Gasteiger partial charge in [-0.1, -0.05) is 12.1 Å². The van der Waals surface area contributed by atoms with Gasteiger partial charge in [-0.05, 0) is 6.42 Å². The summed E-state index contributed by atoms with van der Waals surface area (Å²) in [5, 5.41) is 11.6. The maximum Gasteiger partial charge on any atom is 0.131 e. The number of aromatic nitrogens is 5. The molecule has 0 atom stereocenters. The fourth-order valence-electron chi connectivity index (χ4n) is 1.99. The van der Waals surface area contributed by atoms with Gasteiger partial charge in [0.15, 0.2) is 0 Å². The average Bonchev–Trinajstić information content (AvgIpc) is 2.84. The van der Waals surface area contributed by atoms with E-state index in [0.29, 0.717) is 6.04 Å². The molecule has 0 radical (unpaired) electrons. The van der Waals surface area contributed by atoms with Crippen molar-refractivity contribution in [2.75, 3.05) is 13.1 Å². The first kappa shape index (κ1) is 10.5. The predicted octanol–water partition coefficient (Wildman–Crippen LogP) is 0.696. The monoisotopic (exact) mass is 232 g/mol. The minimum atomic E-state index is 0.457. The minimum absolute atomic E-state index is 0.457. The van der Waals surface area contributed by atoms with Gasteiger partial charge in [0.25, 0.3) is 0 Å². The van der Waals surface area contributed by atoms with Gasteiger partial charge in [0.1, 0.15) is 5.69 Å². The van der Waals surface area contributed by atoms with Gasteiger partial charge in [0, 0.05) is 19.6 Å². The lowest BCUT2D eigenvalue weighted by molar-refractivity contribution is 0.313. The summed E-state index contributed by atoms with van der Waals surface area (Å²) in [5.74, 6) is 0. The van der Waals surface area contributed by atoms with Crippen LogP contribution >= 0.6 is 0 Å². The molecule has 17 heavy (non-hydrogen) atoms. The van der Waals surface area contributed by atoms with E-state index in [1.165, 1.54) is 0 Å². The highest BCUT2D eigenvalue weighted by Gasteiger charge is 2.20. The third-order valence-corrected chi connectivity index (χ3v) is 3.08. The average molecular weight is 232 g/mol. The summed E-state index contributed by atoms with van der Waals surface area (Å²) in [6.07, 6.45) is 6.80. The van der Waals surface area contributed by atoms with Crippen molar-refractivity contribution in [2.45, 2.75) is 25.9 Å². The van der Waals surface area contributed by atoms with E-state index in [1.807, 2.05) is 23.4 Å². The fourth-order valence-corrected chi connectivity index (χ4v) is 1.99. The van der Waals surface area contributed by atoms with Crippen molar-refractivity contribution >= 4 is 0 Å². The summed E-state index contributed by atoms with van der Waals surface area (Å²) in [7, 11) is 0. The van der Waals surface area contributed by atoms with Crippen LogP contribution in [0.3, 0.4) is 0 Å². The van der Waals surface area contributed by atoms with E-state index in [1.54, 1.807) is 0 Å². The summed E-state index contributed by atoms with van der Waals surface area (Å²) in [6.45, 7) is 5.09. The molecule has 6 nitrogen and oxygen atoms in total. The first-order valence-corrected chi connectivity index (χ1v) is 6.01. The van der Waals surface area contributed by atoms with Crippen LogP contribution in [-0.4, -0.2) is 37.6 Å². The molecule has 3 rings (SSSR count). The van der Waals surface area contributed by atoms with Crippen LogP contribution in [0.5, 0.6) is 0 Å². The van der Waals surface area contributed by atoms with Crippen LogP contribution in [-0.2, 0) is 6.54 Å². The number of nitrogens with one attached hydrogen (secondary N) is 1. The predicted molar refractivity (Wildman–Crippen MR) is 63.4 cm³/mol. The minimum Gasteiger partial charge on any atom is -0.329 e. The molecule has 1 saturated heterocycles. The Morgan fingerprint density at radius 3 is 3.06 bits per heavy atom. The Morgan fingerprint density at radius 2 is 2.35 bits per heavy atom. The number of aryl methyl sites for hydroxylation is 1. The molecule has 0 bridgehead atoms. The van der Waals surface area contributed by atoms with E-state index in [0.717, 1.165) is 37.4 Å². The molecule has 2 aromatic heterocycles. The Labute approximate surface area is 99.7 Å². The van der Waals surface area contributed by atoms with Crippen LogP contribution in [0.2, 0.25) is 0 Å². The van der Waals surface area contributed by atoms with Gasteiger partial charge in [-0.3, -0.25) is 0 Å². The Kier molecular flexibility index (Phi) is 2.64. The molecule has 90 valence electrons. The molecule has 1 aliphatic rings. The van der Waals surface area contributed by atoms with Crippen molar-refractivity contribution in [1.82, 2.24) is 29.9 Å². The highest BCUT2D eigenvalue weighted by molar-refractivity contribution is 5.51. The third-order valence-electron chi connectivity index (χ3n) is 3.08. The third kappa shape index (κ3) is 1.84. The second-order valence-corrected chi connectivity index (χ2v) is 4.37. The topological polar surface area (TPSA) is 60.6 Å². The Morgan fingerprint density at radius 1 is 1.47 bits per heavy atom. The fraction of sp³-hybridized carbons (Fsp3) is 0.545. The quantitative estimate of drug-likeness (QED) is 0.842. The van der Waals surface area contributed by atoms with Crippen molar-refractivity contribution in [3.8, 4) is 11.4 Å². The number of hydrogen-bond donors (Lipinski definition) is 1. The summed E-state index contributed by atoms with van der Waals surface area (Å²) >= 11 is 0. The van der Waals surface area contributed by atoms with Crippen molar-refractivity contribution in [3.63, 3.8) is 0 Å². The zero-order valence-electron chi connectivity index (χ0n) is 9.87. The first-order valence-electron chi connectivity index (χ1n) is 6.01. The van der Waals surface area contributed by atoms with Gasteiger partial charge in [-0.25, -0.2) is 9.67 Å². The molecular weight excluding hydrogens is 216 g/mol. The number of hydrogen-bond acceptors (Lipinski definition) is 4. The molecule has 0 saturated carbocycles. The molecule has 2 aromatic rings. The van der Waals surface area contributed by atoms with E-state index in [-0.39, 0.29) is 0 Å². The Hall–Kier alpha value is -1.69. The normalized spacial score (nSPS) is 16.1. The van der Waals surface area contributed by atoms with Crippen molar-refractivity contribution in [1.29, 1.82) is 0 Å². The highest BCUT2D eigenvalue weighted by atomic mass is 15.5. The zero-order valence-corrected chi connectivity index (χ0v) is 9.87. The highest BCUT2D eigenvalue weighted by Crippen LogP contribution is 2.18. The van der Waals surface area contributed by atoms with E-state index < -0.39 is 0 Å². The molecule has 0 aromatic carbocycles. The second-order valence-electron chi connectivity index (χ2n) is 4.37.